The molecular weight excluding hydrogens is 284 g/mol. The molecule has 1 aromatic heterocycles. The van der Waals surface area contributed by atoms with Gasteiger partial charge in [0.2, 0.25) is 0 Å². The molecule has 0 amide bonds. The van der Waals surface area contributed by atoms with Crippen molar-refractivity contribution in [3.8, 4) is 22.5 Å². The van der Waals surface area contributed by atoms with Gasteiger partial charge in [0, 0.05) is 11.6 Å². The Morgan fingerprint density at radius 2 is 1.43 bits per heavy atom. The van der Waals surface area contributed by atoms with Crippen molar-refractivity contribution < 1.29 is 4.42 Å². The third-order valence-corrected chi connectivity index (χ3v) is 3.95. The SMILES string of the molecule is O=c1cccc(-c2c(-c3ccccc3)ccc3ccccc23)o1. The monoisotopic (exact) mass is 298 g/mol. The summed E-state index contributed by atoms with van der Waals surface area (Å²) in [4.78, 5) is 11.7. The Balaban J connectivity index is 2.11. The van der Waals surface area contributed by atoms with Gasteiger partial charge in [0.05, 0.1) is 0 Å². The Morgan fingerprint density at radius 1 is 0.652 bits per heavy atom. The fourth-order valence-corrected chi connectivity index (χ4v) is 2.92. The van der Waals surface area contributed by atoms with Gasteiger partial charge in [0.25, 0.3) is 0 Å². The maximum atomic E-state index is 11.7. The van der Waals surface area contributed by atoms with Crippen LogP contribution < -0.4 is 5.63 Å². The Bertz CT molecular complexity index is 1030. The van der Waals surface area contributed by atoms with Gasteiger partial charge in [-0.25, -0.2) is 4.79 Å². The lowest BCUT2D eigenvalue weighted by atomic mass is 9.92. The largest absolute Gasteiger partial charge is 0.423 e. The molecule has 0 aliphatic heterocycles. The predicted molar refractivity (Wildman–Crippen MR) is 93.4 cm³/mol. The maximum absolute atomic E-state index is 11.7. The average Bonchev–Trinajstić information content (AvgIpc) is 2.61. The molecule has 0 aliphatic rings. The van der Waals surface area contributed by atoms with Crippen molar-refractivity contribution in [3.63, 3.8) is 0 Å². The Morgan fingerprint density at radius 3 is 2.26 bits per heavy atom. The average molecular weight is 298 g/mol. The Hall–Kier alpha value is -3.13. The zero-order chi connectivity index (χ0) is 15.6. The lowest BCUT2D eigenvalue weighted by molar-refractivity contribution is 0.526. The first-order valence-electron chi connectivity index (χ1n) is 7.51. The molecular formula is C21H14O2. The number of hydrogen-bond acceptors (Lipinski definition) is 2. The van der Waals surface area contributed by atoms with E-state index in [1.54, 1.807) is 6.07 Å². The summed E-state index contributed by atoms with van der Waals surface area (Å²) in [6.07, 6.45) is 0. The second-order valence-corrected chi connectivity index (χ2v) is 5.39. The van der Waals surface area contributed by atoms with E-state index in [9.17, 15) is 4.79 Å². The zero-order valence-electron chi connectivity index (χ0n) is 12.4. The molecule has 2 heteroatoms. The molecule has 0 atom stereocenters. The molecule has 4 rings (SSSR count). The minimum absolute atomic E-state index is 0.338. The van der Waals surface area contributed by atoms with Crippen molar-refractivity contribution in [2.24, 2.45) is 0 Å². The van der Waals surface area contributed by atoms with Gasteiger partial charge < -0.3 is 4.42 Å². The summed E-state index contributed by atoms with van der Waals surface area (Å²) in [6.45, 7) is 0. The number of hydrogen-bond donors (Lipinski definition) is 0. The van der Waals surface area contributed by atoms with E-state index in [0.29, 0.717) is 5.76 Å². The summed E-state index contributed by atoms with van der Waals surface area (Å²) < 4.78 is 5.48. The molecule has 110 valence electrons. The number of benzene rings is 3. The van der Waals surface area contributed by atoms with Crippen LogP contribution in [-0.4, -0.2) is 0 Å². The van der Waals surface area contributed by atoms with Crippen LogP contribution in [-0.2, 0) is 0 Å². The zero-order valence-corrected chi connectivity index (χ0v) is 12.4. The van der Waals surface area contributed by atoms with Crippen LogP contribution >= 0.6 is 0 Å². The predicted octanol–water partition coefficient (Wildman–Crippen LogP) is 5.13. The molecule has 0 unspecified atom stereocenters. The lowest BCUT2D eigenvalue weighted by Crippen LogP contribution is -1.97. The highest BCUT2D eigenvalue weighted by molar-refractivity contribution is 6.02. The first-order valence-corrected chi connectivity index (χ1v) is 7.51. The van der Waals surface area contributed by atoms with Crippen molar-refractivity contribution in [2.75, 3.05) is 0 Å². The van der Waals surface area contributed by atoms with Crippen LogP contribution in [0, 0.1) is 0 Å². The summed E-state index contributed by atoms with van der Waals surface area (Å²) in [5.74, 6) is 0.591. The van der Waals surface area contributed by atoms with Crippen LogP contribution in [0.1, 0.15) is 0 Å². The van der Waals surface area contributed by atoms with Gasteiger partial charge in [-0.05, 0) is 28.0 Å². The first kappa shape index (κ1) is 13.5. The molecule has 2 nitrogen and oxygen atoms in total. The van der Waals surface area contributed by atoms with Crippen molar-refractivity contribution in [1.82, 2.24) is 0 Å². The molecule has 0 bridgehead atoms. The molecule has 0 saturated heterocycles. The minimum atomic E-state index is -0.338. The molecule has 0 fully saturated rings. The lowest BCUT2D eigenvalue weighted by Gasteiger charge is -2.12. The molecule has 0 aliphatic carbocycles. The fraction of sp³-hybridized carbons (Fsp3) is 0. The van der Waals surface area contributed by atoms with E-state index in [2.05, 4.69) is 36.4 Å². The summed E-state index contributed by atoms with van der Waals surface area (Å²) in [6, 6.07) is 27.5. The van der Waals surface area contributed by atoms with Crippen LogP contribution in [0.3, 0.4) is 0 Å². The van der Waals surface area contributed by atoms with E-state index in [-0.39, 0.29) is 5.63 Å². The van der Waals surface area contributed by atoms with E-state index >= 15 is 0 Å². The van der Waals surface area contributed by atoms with Crippen molar-refractivity contribution in [3.05, 3.63) is 95.3 Å². The van der Waals surface area contributed by atoms with Gasteiger partial charge in [0.15, 0.2) is 0 Å². The molecule has 0 spiro atoms. The van der Waals surface area contributed by atoms with E-state index in [1.165, 1.54) is 6.07 Å². The third-order valence-electron chi connectivity index (χ3n) is 3.95. The standard InChI is InChI=1S/C21H14O2/c22-20-12-6-11-19(23-20)21-17-10-5-4-9-16(17)13-14-18(21)15-7-2-1-3-8-15/h1-14H. The summed E-state index contributed by atoms with van der Waals surface area (Å²) >= 11 is 0. The Kier molecular flexibility index (Phi) is 3.28. The minimum Gasteiger partial charge on any atom is -0.423 e. The van der Waals surface area contributed by atoms with Crippen molar-refractivity contribution in [2.45, 2.75) is 0 Å². The topological polar surface area (TPSA) is 30.2 Å². The number of fused-ring (bicyclic) bond motifs is 1. The van der Waals surface area contributed by atoms with Crippen LogP contribution in [0.4, 0.5) is 0 Å². The van der Waals surface area contributed by atoms with Gasteiger partial charge in [-0.15, -0.1) is 0 Å². The molecule has 0 radical (unpaired) electrons. The second kappa shape index (κ2) is 5.58. The van der Waals surface area contributed by atoms with Crippen LogP contribution in [0.25, 0.3) is 33.2 Å². The Labute approximate surface area is 133 Å². The highest BCUT2D eigenvalue weighted by atomic mass is 16.4. The fourth-order valence-electron chi connectivity index (χ4n) is 2.92. The highest BCUT2D eigenvalue weighted by Crippen LogP contribution is 2.37. The van der Waals surface area contributed by atoms with Crippen molar-refractivity contribution >= 4 is 10.8 Å². The third kappa shape index (κ3) is 2.44. The van der Waals surface area contributed by atoms with Gasteiger partial charge in [-0.2, -0.15) is 0 Å². The quantitative estimate of drug-likeness (QED) is 0.513. The van der Waals surface area contributed by atoms with E-state index in [1.807, 2.05) is 36.4 Å². The molecule has 1 heterocycles. The van der Waals surface area contributed by atoms with Gasteiger partial charge in [0.1, 0.15) is 5.76 Å². The normalized spacial score (nSPS) is 10.8. The highest BCUT2D eigenvalue weighted by Gasteiger charge is 2.13. The molecule has 0 N–H and O–H groups in total. The maximum Gasteiger partial charge on any atom is 0.336 e. The van der Waals surface area contributed by atoms with E-state index in [4.69, 9.17) is 4.42 Å². The summed E-state index contributed by atoms with van der Waals surface area (Å²) in [5, 5.41) is 2.19. The van der Waals surface area contributed by atoms with Crippen LogP contribution in [0.15, 0.2) is 94.1 Å². The van der Waals surface area contributed by atoms with Crippen molar-refractivity contribution in [1.29, 1.82) is 0 Å². The summed E-state index contributed by atoms with van der Waals surface area (Å²) in [7, 11) is 0. The van der Waals surface area contributed by atoms with Crippen LogP contribution in [0.2, 0.25) is 0 Å². The number of rotatable bonds is 2. The van der Waals surface area contributed by atoms with E-state index < -0.39 is 0 Å². The van der Waals surface area contributed by atoms with E-state index in [0.717, 1.165) is 27.5 Å². The molecule has 23 heavy (non-hydrogen) atoms. The smallest absolute Gasteiger partial charge is 0.336 e. The second-order valence-electron chi connectivity index (χ2n) is 5.39. The molecule has 4 aromatic rings. The van der Waals surface area contributed by atoms with Crippen LogP contribution in [0.5, 0.6) is 0 Å². The first-order chi connectivity index (χ1) is 11.3. The van der Waals surface area contributed by atoms with Gasteiger partial charge in [-0.3, -0.25) is 0 Å². The van der Waals surface area contributed by atoms with Gasteiger partial charge >= 0.3 is 5.63 Å². The molecule has 0 saturated carbocycles. The summed E-state index contributed by atoms with van der Waals surface area (Å²) in [5.41, 5.74) is 2.76. The molecule has 3 aromatic carbocycles. The van der Waals surface area contributed by atoms with Gasteiger partial charge in [-0.1, -0.05) is 72.8 Å².